The Hall–Kier alpha value is -2.40. The number of carbonyl (C=O) groups excluding carboxylic acids is 1. The first-order chi connectivity index (χ1) is 11.1. The number of aromatic nitrogens is 2. The van der Waals surface area contributed by atoms with Gasteiger partial charge in [0.1, 0.15) is 5.82 Å². The average molecular weight is 324 g/mol. The van der Waals surface area contributed by atoms with Gasteiger partial charge in [-0.25, -0.2) is 9.37 Å². The summed E-state index contributed by atoms with van der Waals surface area (Å²) in [5.74, 6) is -0.288. The Labute approximate surface area is 137 Å². The molecule has 0 N–H and O–H groups in total. The second kappa shape index (κ2) is 5.35. The number of imidazole rings is 1. The zero-order chi connectivity index (χ0) is 16.0. The van der Waals surface area contributed by atoms with Crippen LogP contribution in [0.4, 0.5) is 4.39 Å². The summed E-state index contributed by atoms with van der Waals surface area (Å²) >= 11 is 1.45. The molecule has 0 spiro atoms. The Morgan fingerprint density at radius 1 is 1.04 bits per heavy atom. The Kier molecular flexibility index (Phi) is 3.31. The molecular formula is C18H13FN2OS. The summed E-state index contributed by atoms with van der Waals surface area (Å²) < 4.78 is 14.9. The van der Waals surface area contributed by atoms with Crippen LogP contribution in [0.25, 0.3) is 22.5 Å². The van der Waals surface area contributed by atoms with E-state index in [9.17, 15) is 9.18 Å². The van der Waals surface area contributed by atoms with Gasteiger partial charge in [-0.1, -0.05) is 42.1 Å². The number of carbonyl (C=O) groups is 1. The fraction of sp³-hybridized carbons (Fsp3) is 0.111. The van der Waals surface area contributed by atoms with Crippen LogP contribution in [0.15, 0.2) is 59.8 Å². The molecule has 0 amide bonds. The van der Waals surface area contributed by atoms with E-state index in [1.807, 2.05) is 37.3 Å². The third kappa shape index (κ3) is 2.28. The lowest BCUT2D eigenvalue weighted by atomic mass is 10.0. The second-order valence-electron chi connectivity index (χ2n) is 5.40. The van der Waals surface area contributed by atoms with Gasteiger partial charge in [0, 0.05) is 11.1 Å². The highest BCUT2D eigenvalue weighted by atomic mass is 32.2. The molecule has 1 aliphatic rings. The molecule has 3 aromatic rings. The van der Waals surface area contributed by atoms with E-state index in [1.165, 1.54) is 23.9 Å². The van der Waals surface area contributed by atoms with Gasteiger partial charge in [0.25, 0.3) is 0 Å². The molecule has 0 radical (unpaired) electrons. The standard InChI is InChI=1S/C18H13FN2OS/c1-11-17(22)21-16(13-7-9-14(19)10-8-13)15(20-18(21)23-11)12-5-3-2-4-6-12/h2-11H,1H3. The summed E-state index contributed by atoms with van der Waals surface area (Å²) in [5, 5.41) is 0.544. The van der Waals surface area contributed by atoms with Crippen LogP contribution in [-0.4, -0.2) is 20.7 Å². The van der Waals surface area contributed by atoms with E-state index in [2.05, 4.69) is 4.98 Å². The minimum atomic E-state index is -0.301. The smallest absolute Gasteiger partial charge is 0.246 e. The highest BCUT2D eigenvalue weighted by Crippen LogP contribution is 2.41. The maximum absolute atomic E-state index is 13.3. The van der Waals surface area contributed by atoms with Gasteiger partial charge in [0.15, 0.2) is 5.16 Å². The largest absolute Gasteiger partial charge is 0.273 e. The summed E-state index contributed by atoms with van der Waals surface area (Å²) in [4.78, 5) is 17.2. The molecule has 0 bridgehead atoms. The van der Waals surface area contributed by atoms with Gasteiger partial charge in [-0.3, -0.25) is 9.36 Å². The average Bonchev–Trinajstić information content (AvgIpc) is 3.06. The lowest BCUT2D eigenvalue weighted by Crippen LogP contribution is -2.15. The molecule has 3 nitrogen and oxygen atoms in total. The van der Waals surface area contributed by atoms with Gasteiger partial charge in [-0.15, -0.1) is 0 Å². The Balaban J connectivity index is 1.98. The first-order valence-corrected chi connectivity index (χ1v) is 8.18. The summed E-state index contributed by atoms with van der Waals surface area (Å²) in [5.41, 5.74) is 3.20. The zero-order valence-electron chi connectivity index (χ0n) is 12.4. The number of hydrogen-bond acceptors (Lipinski definition) is 3. The highest BCUT2D eigenvalue weighted by Gasteiger charge is 2.34. The van der Waals surface area contributed by atoms with Gasteiger partial charge in [0.05, 0.1) is 16.6 Å². The van der Waals surface area contributed by atoms with Crippen molar-refractivity contribution in [2.45, 2.75) is 17.3 Å². The van der Waals surface area contributed by atoms with E-state index < -0.39 is 0 Å². The molecule has 0 fully saturated rings. The molecule has 1 aliphatic heterocycles. The van der Waals surface area contributed by atoms with Crippen LogP contribution in [0.1, 0.15) is 11.7 Å². The highest BCUT2D eigenvalue weighted by molar-refractivity contribution is 8.00. The predicted octanol–water partition coefficient (Wildman–Crippen LogP) is 4.49. The Bertz CT molecular complexity index is 887. The van der Waals surface area contributed by atoms with E-state index in [4.69, 9.17) is 0 Å². The first-order valence-electron chi connectivity index (χ1n) is 7.30. The van der Waals surface area contributed by atoms with Gasteiger partial charge >= 0.3 is 0 Å². The number of rotatable bonds is 2. The van der Waals surface area contributed by atoms with Crippen LogP contribution in [0.2, 0.25) is 0 Å². The lowest BCUT2D eigenvalue weighted by molar-refractivity contribution is 0.0916. The van der Waals surface area contributed by atoms with E-state index >= 15 is 0 Å². The van der Waals surface area contributed by atoms with E-state index in [-0.39, 0.29) is 17.0 Å². The summed E-state index contributed by atoms with van der Waals surface area (Å²) in [6.07, 6.45) is 0. The van der Waals surface area contributed by atoms with Crippen molar-refractivity contribution in [2.24, 2.45) is 0 Å². The van der Waals surface area contributed by atoms with Crippen molar-refractivity contribution < 1.29 is 9.18 Å². The van der Waals surface area contributed by atoms with Crippen molar-refractivity contribution in [3.05, 3.63) is 60.4 Å². The normalized spacial score (nSPS) is 16.6. The number of fused-ring (bicyclic) bond motifs is 1. The van der Waals surface area contributed by atoms with E-state index in [0.717, 1.165) is 22.5 Å². The topological polar surface area (TPSA) is 34.9 Å². The number of thioether (sulfide) groups is 1. The van der Waals surface area contributed by atoms with Crippen LogP contribution in [0, 0.1) is 5.82 Å². The minimum absolute atomic E-state index is 0.0130. The summed E-state index contributed by atoms with van der Waals surface area (Å²) in [6, 6.07) is 15.9. The van der Waals surface area contributed by atoms with Crippen molar-refractivity contribution >= 4 is 17.7 Å². The van der Waals surface area contributed by atoms with Gasteiger partial charge in [-0.05, 0) is 31.2 Å². The van der Waals surface area contributed by atoms with Gasteiger partial charge < -0.3 is 0 Å². The van der Waals surface area contributed by atoms with E-state index in [0.29, 0.717) is 5.16 Å². The maximum Gasteiger partial charge on any atom is 0.246 e. The third-order valence-electron chi connectivity index (χ3n) is 3.86. The molecule has 2 heterocycles. The molecular weight excluding hydrogens is 311 g/mol. The van der Waals surface area contributed by atoms with Crippen molar-refractivity contribution in [2.75, 3.05) is 0 Å². The second-order valence-corrected chi connectivity index (χ2v) is 6.71. The van der Waals surface area contributed by atoms with Crippen molar-refractivity contribution in [1.82, 2.24) is 9.55 Å². The molecule has 4 rings (SSSR count). The van der Waals surface area contributed by atoms with Crippen LogP contribution in [-0.2, 0) is 0 Å². The Morgan fingerprint density at radius 2 is 1.74 bits per heavy atom. The molecule has 23 heavy (non-hydrogen) atoms. The van der Waals surface area contributed by atoms with Crippen molar-refractivity contribution in [3.63, 3.8) is 0 Å². The molecule has 0 saturated heterocycles. The number of hydrogen-bond donors (Lipinski definition) is 0. The maximum atomic E-state index is 13.3. The van der Waals surface area contributed by atoms with Crippen LogP contribution in [0.5, 0.6) is 0 Å². The fourth-order valence-electron chi connectivity index (χ4n) is 2.74. The molecule has 114 valence electrons. The van der Waals surface area contributed by atoms with Crippen molar-refractivity contribution in [3.8, 4) is 22.5 Å². The quantitative estimate of drug-likeness (QED) is 0.696. The van der Waals surface area contributed by atoms with Crippen LogP contribution in [0.3, 0.4) is 0 Å². The fourth-order valence-corrected chi connectivity index (χ4v) is 3.70. The number of benzene rings is 2. The monoisotopic (exact) mass is 324 g/mol. The molecule has 1 atom stereocenters. The minimum Gasteiger partial charge on any atom is -0.273 e. The zero-order valence-corrected chi connectivity index (χ0v) is 13.2. The van der Waals surface area contributed by atoms with Gasteiger partial charge in [-0.2, -0.15) is 0 Å². The van der Waals surface area contributed by atoms with Crippen LogP contribution < -0.4 is 0 Å². The van der Waals surface area contributed by atoms with E-state index in [1.54, 1.807) is 16.7 Å². The molecule has 0 saturated carbocycles. The predicted molar refractivity (Wildman–Crippen MR) is 89.0 cm³/mol. The molecule has 1 unspecified atom stereocenters. The molecule has 5 heteroatoms. The van der Waals surface area contributed by atoms with Crippen LogP contribution >= 0.6 is 11.8 Å². The number of nitrogens with zero attached hydrogens (tertiary/aromatic N) is 2. The molecule has 1 aromatic heterocycles. The summed E-state index contributed by atoms with van der Waals surface area (Å²) in [7, 11) is 0. The Morgan fingerprint density at radius 3 is 2.43 bits per heavy atom. The summed E-state index contributed by atoms with van der Waals surface area (Å²) in [6.45, 7) is 1.87. The third-order valence-corrected chi connectivity index (χ3v) is 4.90. The molecule has 2 aromatic carbocycles. The lowest BCUT2D eigenvalue weighted by Gasteiger charge is -2.08. The SMILES string of the molecule is CC1Sc2nc(-c3ccccc3)c(-c3ccc(F)cc3)n2C1=O. The number of halogens is 1. The van der Waals surface area contributed by atoms with Gasteiger partial charge in [0.2, 0.25) is 5.91 Å². The molecule has 0 aliphatic carbocycles. The first kappa shape index (κ1) is 14.2. The van der Waals surface area contributed by atoms with Crippen molar-refractivity contribution in [1.29, 1.82) is 0 Å².